The number of hydrogen-bond donors (Lipinski definition) is 1. The molecule has 0 atom stereocenters. The van der Waals surface area contributed by atoms with E-state index in [9.17, 15) is 0 Å². The minimum Gasteiger partial charge on any atom is -0.347 e. The van der Waals surface area contributed by atoms with Gasteiger partial charge in [0.05, 0.1) is 19.1 Å². The summed E-state index contributed by atoms with van der Waals surface area (Å²) in [6, 6.07) is 0.523. The summed E-state index contributed by atoms with van der Waals surface area (Å²) in [6.07, 6.45) is 11.7. The number of fused-ring (bicyclic) bond motifs is 1. The lowest BCUT2D eigenvalue weighted by atomic mass is 9.95. The molecule has 3 aromatic heterocycles. The molecule has 8 nitrogen and oxygen atoms in total. The Morgan fingerprint density at radius 1 is 1.17 bits per heavy atom. The highest BCUT2D eigenvalue weighted by Gasteiger charge is 2.18. The van der Waals surface area contributed by atoms with Crippen molar-refractivity contribution in [3.8, 4) is 0 Å². The van der Waals surface area contributed by atoms with Crippen molar-refractivity contribution in [3.05, 3.63) is 24.7 Å². The lowest BCUT2D eigenvalue weighted by Crippen LogP contribution is -2.17. The van der Waals surface area contributed by atoms with E-state index >= 15 is 0 Å². The first kappa shape index (κ1) is 14.1. The molecule has 3 heterocycles. The topological polar surface area (TPSA) is 86.3 Å². The van der Waals surface area contributed by atoms with Crippen LogP contribution >= 0.6 is 0 Å². The van der Waals surface area contributed by atoms with E-state index < -0.39 is 0 Å². The fraction of sp³-hybridized carbons (Fsp3) is 0.533. The van der Waals surface area contributed by atoms with Crippen LogP contribution in [0.15, 0.2) is 18.9 Å². The molecule has 1 aliphatic carbocycles. The fourth-order valence-electron chi connectivity index (χ4n) is 3.21. The van der Waals surface area contributed by atoms with Gasteiger partial charge in [0.1, 0.15) is 11.8 Å². The third kappa shape index (κ3) is 2.76. The van der Waals surface area contributed by atoms with E-state index in [4.69, 9.17) is 0 Å². The second-order valence-electron chi connectivity index (χ2n) is 6.06. The third-order valence-electron chi connectivity index (χ3n) is 4.50. The van der Waals surface area contributed by atoms with Gasteiger partial charge in [-0.1, -0.05) is 19.3 Å². The van der Waals surface area contributed by atoms with Gasteiger partial charge in [0.15, 0.2) is 11.5 Å². The van der Waals surface area contributed by atoms with Gasteiger partial charge < -0.3 is 14.5 Å². The average molecular weight is 312 g/mol. The normalized spacial score (nSPS) is 16.0. The number of aryl methyl sites for hydroxylation is 1. The molecule has 0 bridgehead atoms. The Kier molecular flexibility index (Phi) is 3.64. The van der Waals surface area contributed by atoms with Crippen LogP contribution in [-0.2, 0) is 13.6 Å². The molecule has 1 aliphatic rings. The maximum Gasteiger partial charge on any atom is 0.225 e. The molecule has 1 fully saturated rings. The molecule has 4 rings (SSSR count). The van der Waals surface area contributed by atoms with Gasteiger partial charge in [-0.05, 0) is 12.8 Å². The Hall–Kier alpha value is -2.51. The fourth-order valence-corrected chi connectivity index (χ4v) is 3.21. The molecule has 0 aliphatic heterocycles. The van der Waals surface area contributed by atoms with E-state index in [2.05, 4.69) is 35.0 Å². The van der Waals surface area contributed by atoms with Crippen LogP contribution in [0.25, 0.3) is 11.2 Å². The Morgan fingerprint density at radius 3 is 2.91 bits per heavy atom. The lowest BCUT2D eigenvalue weighted by molar-refractivity contribution is 0.346. The first-order valence-corrected chi connectivity index (χ1v) is 8.07. The summed E-state index contributed by atoms with van der Waals surface area (Å²) in [4.78, 5) is 13.0. The van der Waals surface area contributed by atoms with E-state index in [-0.39, 0.29) is 0 Å². The monoisotopic (exact) mass is 312 g/mol. The smallest absolute Gasteiger partial charge is 0.225 e. The molecule has 0 amide bonds. The molecule has 1 N–H and O–H groups in total. The molecule has 0 saturated heterocycles. The number of rotatable bonds is 4. The van der Waals surface area contributed by atoms with Crippen LogP contribution in [0, 0.1) is 0 Å². The summed E-state index contributed by atoms with van der Waals surface area (Å²) < 4.78 is 4.10. The average Bonchev–Trinajstić information content (AvgIpc) is 3.21. The van der Waals surface area contributed by atoms with Crippen molar-refractivity contribution in [3.63, 3.8) is 0 Å². The number of imidazole rings is 1. The number of anilines is 1. The van der Waals surface area contributed by atoms with Crippen molar-refractivity contribution < 1.29 is 0 Å². The van der Waals surface area contributed by atoms with Crippen LogP contribution < -0.4 is 5.32 Å². The first-order valence-electron chi connectivity index (χ1n) is 8.07. The Labute approximate surface area is 134 Å². The van der Waals surface area contributed by atoms with Gasteiger partial charge in [0, 0.05) is 13.1 Å². The van der Waals surface area contributed by atoms with Gasteiger partial charge in [-0.2, -0.15) is 4.98 Å². The predicted molar refractivity (Wildman–Crippen MR) is 85.8 cm³/mol. The largest absolute Gasteiger partial charge is 0.347 e. The zero-order chi connectivity index (χ0) is 15.6. The molecule has 0 unspecified atom stereocenters. The second-order valence-corrected chi connectivity index (χ2v) is 6.06. The number of hydrogen-bond acceptors (Lipinski definition) is 6. The summed E-state index contributed by atoms with van der Waals surface area (Å²) in [5, 5.41) is 11.6. The molecule has 8 heteroatoms. The molecule has 0 spiro atoms. The maximum atomic E-state index is 4.43. The van der Waals surface area contributed by atoms with E-state index in [1.165, 1.54) is 32.1 Å². The van der Waals surface area contributed by atoms with Gasteiger partial charge in [0.2, 0.25) is 5.95 Å². The van der Waals surface area contributed by atoms with Crippen LogP contribution in [0.4, 0.5) is 5.95 Å². The zero-order valence-electron chi connectivity index (χ0n) is 13.2. The second kappa shape index (κ2) is 5.94. The predicted octanol–water partition coefficient (Wildman–Crippen LogP) is 2.07. The minimum atomic E-state index is 0.523. The molecule has 1 saturated carbocycles. The Bertz CT molecular complexity index is 799. The van der Waals surface area contributed by atoms with Crippen molar-refractivity contribution in [2.75, 3.05) is 5.32 Å². The van der Waals surface area contributed by atoms with Crippen molar-refractivity contribution in [1.29, 1.82) is 0 Å². The SMILES string of the molecule is Cn1cnc2nc(NCc3nncn3C3CCCCC3)ncc21. The van der Waals surface area contributed by atoms with Crippen molar-refractivity contribution in [2.24, 2.45) is 7.05 Å². The standard InChI is InChI=1S/C15H20N8/c1-22-9-18-14-12(22)7-16-15(20-14)17-8-13-21-19-10-23(13)11-5-3-2-4-6-11/h7,9-11H,2-6,8H2,1H3,(H,16,17,20). The summed E-state index contributed by atoms with van der Waals surface area (Å²) in [7, 11) is 1.93. The van der Waals surface area contributed by atoms with E-state index in [1.54, 1.807) is 12.5 Å². The highest BCUT2D eigenvalue weighted by Crippen LogP contribution is 2.28. The quantitative estimate of drug-likeness (QED) is 0.793. The van der Waals surface area contributed by atoms with Crippen LogP contribution in [0.1, 0.15) is 44.0 Å². The zero-order valence-corrected chi connectivity index (χ0v) is 13.2. The maximum absolute atomic E-state index is 4.43. The Morgan fingerprint density at radius 2 is 2.04 bits per heavy atom. The van der Waals surface area contributed by atoms with E-state index in [1.807, 2.05) is 17.9 Å². The minimum absolute atomic E-state index is 0.523. The van der Waals surface area contributed by atoms with Crippen LogP contribution in [0.2, 0.25) is 0 Å². The summed E-state index contributed by atoms with van der Waals surface area (Å²) in [5.74, 6) is 1.50. The van der Waals surface area contributed by atoms with Crippen LogP contribution in [-0.4, -0.2) is 34.3 Å². The molecule has 3 aromatic rings. The summed E-state index contributed by atoms with van der Waals surface area (Å²) in [6.45, 7) is 0.564. The van der Waals surface area contributed by atoms with Gasteiger partial charge in [-0.25, -0.2) is 9.97 Å². The lowest BCUT2D eigenvalue weighted by Gasteiger charge is -2.23. The first-order chi connectivity index (χ1) is 11.3. The number of aromatic nitrogens is 7. The molecule has 120 valence electrons. The van der Waals surface area contributed by atoms with Crippen molar-refractivity contribution in [1.82, 2.24) is 34.3 Å². The van der Waals surface area contributed by atoms with Gasteiger partial charge in [-0.3, -0.25) is 0 Å². The number of nitrogens with one attached hydrogen (secondary N) is 1. The highest BCUT2D eigenvalue weighted by atomic mass is 15.3. The van der Waals surface area contributed by atoms with E-state index in [0.29, 0.717) is 24.2 Å². The molecule has 0 aromatic carbocycles. The van der Waals surface area contributed by atoms with E-state index in [0.717, 1.165) is 11.3 Å². The molecule has 23 heavy (non-hydrogen) atoms. The molecular formula is C15H20N8. The molecule has 0 radical (unpaired) electrons. The highest BCUT2D eigenvalue weighted by molar-refractivity contribution is 5.70. The Balaban J connectivity index is 1.48. The van der Waals surface area contributed by atoms with Gasteiger partial charge >= 0.3 is 0 Å². The van der Waals surface area contributed by atoms with Crippen molar-refractivity contribution >= 4 is 17.1 Å². The van der Waals surface area contributed by atoms with Crippen molar-refractivity contribution in [2.45, 2.75) is 44.7 Å². The third-order valence-corrected chi connectivity index (χ3v) is 4.50. The van der Waals surface area contributed by atoms with Gasteiger partial charge in [0.25, 0.3) is 0 Å². The van der Waals surface area contributed by atoms with Crippen LogP contribution in [0.5, 0.6) is 0 Å². The summed E-state index contributed by atoms with van der Waals surface area (Å²) in [5.41, 5.74) is 1.61. The molecular weight excluding hydrogens is 292 g/mol. The van der Waals surface area contributed by atoms with Crippen LogP contribution in [0.3, 0.4) is 0 Å². The number of nitrogens with zero attached hydrogens (tertiary/aromatic N) is 7. The van der Waals surface area contributed by atoms with Gasteiger partial charge in [-0.15, -0.1) is 10.2 Å². The summed E-state index contributed by atoms with van der Waals surface area (Å²) >= 11 is 0.